The number of aliphatic imine (C=N–C) groups is 1. The molecule has 2 heterocycles. The van der Waals surface area contributed by atoms with Crippen LogP contribution in [0, 0.1) is 0 Å². The number of hydrogen-bond acceptors (Lipinski definition) is 5. The molecular weight excluding hydrogens is 441 g/mol. The second-order valence-electron chi connectivity index (χ2n) is 6.86. The first-order valence-electron chi connectivity index (χ1n) is 9.56. The van der Waals surface area contributed by atoms with Gasteiger partial charge in [-0.05, 0) is 31.9 Å². The zero-order valence-electron chi connectivity index (χ0n) is 15.7. The molecule has 0 aromatic carbocycles. The molecule has 0 unspecified atom stereocenters. The van der Waals surface area contributed by atoms with E-state index in [-0.39, 0.29) is 24.0 Å². The van der Waals surface area contributed by atoms with Crippen LogP contribution in [0.25, 0.3) is 0 Å². The molecule has 1 aromatic heterocycles. The van der Waals surface area contributed by atoms with Gasteiger partial charge in [-0.3, -0.25) is 9.89 Å². The molecule has 0 atom stereocenters. The minimum absolute atomic E-state index is 0. The molecule has 26 heavy (non-hydrogen) atoms. The fraction of sp³-hybridized carbons (Fsp3) is 0.722. The molecular formula is C18H32IN7. The third-order valence-electron chi connectivity index (χ3n) is 5.07. The Morgan fingerprint density at radius 3 is 2.50 bits per heavy atom. The van der Waals surface area contributed by atoms with Crippen molar-refractivity contribution in [3.63, 3.8) is 0 Å². The van der Waals surface area contributed by atoms with E-state index in [2.05, 4.69) is 35.4 Å². The first-order chi connectivity index (χ1) is 12.3. The minimum atomic E-state index is 0. The maximum absolute atomic E-state index is 4.34. The zero-order valence-corrected chi connectivity index (χ0v) is 18.1. The first kappa shape index (κ1) is 21.1. The highest BCUT2D eigenvalue weighted by molar-refractivity contribution is 14.0. The van der Waals surface area contributed by atoms with Crippen LogP contribution in [0.15, 0.2) is 23.5 Å². The third-order valence-corrected chi connectivity index (χ3v) is 5.07. The average Bonchev–Trinajstić information content (AvgIpc) is 3.18. The Morgan fingerprint density at radius 1 is 1.15 bits per heavy atom. The van der Waals surface area contributed by atoms with Gasteiger partial charge in [-0.1, -0.05) is 12.8 Å². The van der Waals surface area contributed by atoms with Gasteiger partial charge < -0.3 is 15.5 Å². The lowest BCUT2D eigenvalue weighted by molar-refractivity contribution is 0.254. The standard InChI is InChI=1S/C18H31N7.HI/c1-19-17(23-16-6-2-3-7-16)20-10-5-11-24-12-14-25(15-13-24)18-21-8-4-9-22-18;/h4,8-9,16H,2-3,5-7,10-15H2,1H3,(H2,19,20,23);1H. The summed E-state index contributed by atoms with van der Waals surface area (Å²) in [4.78, 5) is 17.8. The number of nitrogens with zero attached hydrogens (tertiary/aromatic N) is 5. The van der Waals surface area contributed by atoms with Crippen molar-refractivity contribution in [2.75, 3.05) is 51.2 Å². The molecule has 1 aliphatic carbocycles. The number of halogens is 1. The van der Waals surface area contributed by atoms with Crippen molar-refractivity contribution in [1.29, 1.82) is 0 Å². The van der Waals surface area contributed by atoms with Gasteiger partial charge >= 0.3 is 0 Å². The van der Waals surface area contributed by atoms with E-state index in [1.165, 1.54) is 25.7 Å². The number of nitrogens with one attached hydrogen (secondary N) is 2. The van der Waals surface area contributed by atoms with Gasteiger partial charge in [0, 0.05) is 58.2 Å². The van der Waals surface area contributed by atoms with E-state index in [9.17, 15) is 0 Å². The quantitative estimate of drug-likeness (QED) is 0.284. The van der Waals surface area contributed by atoms with Gasteiger partial charge in [-0.2, -0.15) is 0 Å². The third kappa shape index (κ3) is 6.53. The molecule has 7 nitrogen and oxygen atoms in total. The lowest BCUT2D eigenvalue weighted by Gasteiger charge is -2.34. The minimum Gasteiger partial charge on any atom is -0.356 e. The van der Waals surface area contributed by atoms with Gasteiger partial charge in [-0.15, -0.1) is 24.0 Å². The van der Waals surface area contributed by atoms with Gasteiger partial charge in [0.1, 0.15) is 0 Å². The Labute approximate surface area is 174 Å². The highest BCUT2D eigenvalue weighted by Crippen LogP contribution is 2.17. The van der Waals surface area contributed by atoms with Crippen LogP contribution in [0.4, 0.5) is 5.95 Å². The van der Waals surface area contributed by atoms with Crippen LogP contribution in [0.1, 0.15) is 32.1 Å². The highest BCUT2D eigenvalue weighted by Gasteiger charge is 2.18. The molecule has 0 amide bonds. The van der Waals surface area contributed by atoms with Crippen LogP contribution < -0.4 is 15.5 Å². The topological polar surface area (TPSA) is 68.7 Å². The van der Waals surface area contributed by atoms with Crippen LogP contribution in [-0.2, 0) is 0 Å². The molecule has 2 fully saturated rings. The van der Waals surface area contributed by atoms with Crippen LogP contribution in [0.2, 0.25) is 0 Å². The monoisotopic (exact) mass is 473 g/mol. The molecule has 2 N–H and O–H groups in total. The van der Waals surface area contributed by atoms with Crippen molar-refractivity contribution in [2.24, 2.45) is 4.99 Å². The Bertz CT molecular complexity index is 526. The van der Waals surface area contributed by atoms with Gasteiger partial charge in [0.25, 0.3) is 0 Å². The summed E-state index contributed by atoms with van der Waals surface area (Å²) in [6.07, 6.45) is 9.99. The van der Waals surface area contributed by atoms with Gasteiger partial charge in [-0.25, -0.2) is 9.97 Å². The summed E-state index contributed by atoms with van der Waals surface area (Å²) in [6, 6.07) is 2.47. The number of piperazine rings is 1. The molecule has 8 heteroatoms. The SMILES string of the molecule is CN=C(NCCCN1CCN(c2ncccn2)CC1)NC1CCCC1.I. The van der Waals surface area contributed by atoms with Crippen molar-refractivity contribution < 1.29 is 0 Å². The average molecular weight is 473 g/mol. The van der Waals surface area contributed by atoms with E-state index in [1.54, 1.807) is 0 Å². The smallest absolute Gasteiger partial charge is 0.225 e. The second kappa shape index (κ2) is 11.5. The molecule has 0 bridgehead atoms. The number of hydrogen-bond donors (Lipinski definition) is 2. The Morgan fingerprint density at radius 2 is 1.85 bits per heavy atom. The highest BCUT2D eigenvalue weighted by atomic mass is 127. The van der Waals surface area contributed by atoms with Gasteiger partial charge in [0.2, 0.25) is 5.95 Å². The number of rotatable bonds is 6. The maximum atomic E-state index is 4.34. The van der Waals surface area contributed by atoms with Crippen molar-refractivity contribution in [3.8, 4) is 0 Å². The van der Waals surface area contributed by atoms with E-state index in [0.717, 1.165) is 57.6 Å². The van der Waals surface area contributed by atoms with E-state index in [1.807, 2.05) is 25.5 Å². The van der Waals surface area contributed by atoms with E-state index in [0.29, 0.717) is 6.04 Å². The van der Waals surface area contributed by atoms with E-state index < -0.39 is 0 Å². The molecule has 2 aliphatic rings. The fourth-order valence-corrected chi connectivity index (χ4v) is 3.59. The van der Waals surface area contributed by atoms with Gasteiger partial charge in [0.05, 0.1) is 0 Å². The number of anilines is 1. The fourth-order valence-electron chi connectivity index (χ4n) is 3.59. The molecule has 146 valence electrons. The predicted octanol–water partition coefficient (Wildman–Crippen LogP) is 1.71. The molecule has 1 aromatic rings. The molecule has 0 spiro atoms. The van der Waals surface area contributed by atoms with Crippen LogP contribution in [0.5, 0.6) is 0 Å². The summed E-state index contributed by atoms with van der Waals surface area (Å²) in [5.74, 6) is 1.81. The second-order valence-corrected chi connectivity index (χ2v) is 6.86. The summed E-state index contributed by atoms with van der Waals surface area (Å²) >= 11 is 0. The molecule has 1 saturated heterocycles. The molecule has 1 aliphatic heterocycles. The summed E-state index contributed by atoms with van der Waals surface area (Å²) in [5.41, 5.74) is 0. The van der Waals surface area contributed by atoms with Crippen molar-refractivity contribution in [1.82, 2.24) is 25.5 Å². The van der Waals surface area contributed by atoms with E-state index >= 15 is 0 Å². The Hall–Kier alpha value is -1.16. The summed E-state index contributed by atoms with van der Waals surface area (Å²) in [5, 5.41) is 6.99. The van der Waals surface area contributed by atoms with Crippen molar-refractivity contribution in [3.05, 3.63) is 18.5 Å². The Balaban J connectivity index is 0.00000243. The first-order valence-corrected chi connectivity index (χ1v) is 9.56. The zero-order chi connectivity index (χ0) is 17.3. The molecule has 3 rings (SSSR count). The maximum Gasteiger partial charge on any atom is 0.225 e. The lowest BCUT2D eigenvalue weighted by Crippen LogP contribution is -2.48. The molecule has 0 radical (unpaired) electrons. The number of aromatic nitrogens is 2. The summed E-state index contributed by atoms with van der Waals surface area (Å²) < 4.78 is 0. The summed E-state index contributed by atoms with van der Waals surface area (Å²) in [7, 11) is 1.86. The summed E-state index contributed by atoms with van der Waals surface area (Å²) in [6.45, 7) is 6.25. The normalized spacial score (nSPS) is 19.3. The largest absolute Gasteiger partial charge is 0.356 e. The van der Waals surface area contributed by atoms with Crippen LogP contribution in [0.3, 0.4) is 0 Å². The lowest BCUT2D eigenvalue weighted by atomic mass is 10.2. The predicted molar refractivity (Wildman–Crippen MR) is 117 cm³/mol. The van der Waals surface area contributed by atoms with Crippen molar-refractivity contribution in [2.45, 2.75) is 38.1 Å². The molecule has 1 saturated carbocycles. The Kier molecular flexibility index (Phi) is 9.38. The number of guanidine groups is 1. The van der Waals surface area contributed by atoms with Crippen molar-refractivity contribution >= 4 is 35.9 Å². The van der Waals surface area contributed by atoms with Gasteiger partial charge in [0.15, 0.2) is 5.96 Å². The van der Waals surface area contributed by atoms with Crippen LogP contribution in [-0.4, -0.2) is 73.2 Å². The van der Waals surface area contributed by atoms with Crippen LogP contribution >= 0.6 is 24.0 Å². The van der Waals surface area contributed by atoms with E-state index in [4.69, 9.17) is 0 Å².